The molecule has 3 aromatic carbocycles. The molecule has 148 valence electrons. The van der Waals surface area contributed by atoms with Crippen molar-refractivity contribution in [1.29, 1.82) is 0 Å². The van der Waals surface area contributed by atoms with Crippen molar-refractivity contribution in [3.63, 3.8) is 0 Å². The predicted octanol–water partition coefficient (Wildman–Crippen LogP) is 6.99. The van der Waals surface area contributed by atoms with Crippen molar-refractivity contribution in [2.75, 3.05) is 0 Å². The Morgan fingerprint density at radius 2 is 0.806 bits per heavy atom. The zero-order valence-corrected chi connectivity index (χ0v) is 17.1. The first kappa shape index (κ1) is 19.0. The zero-order valence-electron chi connectivity index (χ0n) is 17.1. The molecular formula is C29H22N2. The van der Waals surface area contributed by atoms with E-state index in [2.05, 4.69) is 84.9 Å². The van der Waals surface area contributed by atoms with Crippen LogP contribution < -0.4 is 0 Å². The first-order valence-corrected chi connectivity index (χ1v) is 10.5. The summed E-state index contributed by atoms with van der Waals surface area (Å²) in [7, 11) is 0. The third-order valence-electron chi connectivity index (χ3n) is 5.40. The van der Waals surface area contributed by atoms with E-state index in [0.717, 1.165) is 33.9 Å². The first-order valence-electron chi connectivity index (χ1n) is 10.5. The molecule has 0 bridgehead atoms. The summed E-state index contributed by atoms with van der Waals surface area (Å²) in [6.45, 7) is 0. The van der Waals surface area contributed by atoms with Crippen molar-refractivity contribution in [1.82, 2.24) is 9.97 Å². The molecule has 0 N–H and O–H groups in total. The van der Waals surface area contributed by atoms with Crippen molar-refractivity contribution >= 4 is 0 Å². The van der Waals surface area contributed by atoms with Gasteiger partial charge in [0.25, 0.3) is 0 Å². The third kappa shape index (κ3) is 4.15. The Morgan fingerprint density at radius 3 is 1.26 bits per heavy atom. The second kappa shape index (κ2) is 8.76. The first-order chi connectivity index (χ1) is 15.4. The van der Waals surface area contributed by atoms with Gasteiger partial charge in [-0.1, -0.05) is 103 Å². The SMILES string of the molecule is c1ccc(-c2cccc(C(c3ccccc3)c3cccc(-c4ccccc4)n3)n2)cc1. The lowest BCUT2D eigenvalue weighted by atomic mass is 9.91. The zero-order chi connectivity index (χ0) is 20.9. The van der Waals surface area contributed by atoms with Gasteiger partial charge in [-0.2, -0.15) is 0 Å². The van der Waals surface area contributed by atoms with E-state index >= 15 is 0 Å². The highest BCUT2D eigenvalue weighted by Crippen LogP contribution is 2.32. The van der Waals surface area contributed by atoms with Gasteiger partial charge < -0.3 is 0 Å². The molecule has 2 nitrogen and oxygen atoms in total. The molecule has 31 heavy (non-hydrogen) atoms. The van der Waals surface area contributed by atoms with Crippen LogP contribution in [0.25, 0.3) is 22.5 Å². The van der Waals surface area contributed by atoms with E-state index in [4.69, 9.17) is 9.97 Å². The van der Waals surface area contributed by atoms with Gasteiger partial charge in [0, 0.05) is 11.1 Å². The minimum absolute atomic E-state index is 0.0477. The minimum Gasteiger partial charge on any atom is -0.252 e. The molecule has 0 fully saturated rings. The van der Waals surface area contributed by atoms with Crippen LogP contribution in [0.2, 0.25) is 0 Å². The van der Waals surface area contributed by atoms with Crippen LogP contribution in [0.3, 0.4) is 0 Å². The molecule has 5 rings (SSSR count). The monoisotopic (exact) mass is 398 g/mol. The van der Waals surface area contributed by atoms with Gasteiger partial charge >= 0.3 is 0 Å². The summed E-state index contributed by atoms with van der Waals surface area (Å²) in [5.41, 5.74) is 7.33. The maximum atomic E-state index is 5.06. The fourth-order valence-electron chi connectivity index (χ4n) is 3.90. The Hall–Kier alpha value is -4.04. The van der Waals surface area contributed by atoms with Crippen LogP contribution in [0.5, 0.6) is 0 Å². The summed E-state index contributed by atoms with van der Waals surface area (Å²) in [5.74, 6) is -0.0477. The van der Waals surface area contributed by atoms with Crippen LogP contribution >= 0.6 is 0 Å². The van der Waals surface area contributed by atoms with Crippen molar-refractivity contribution < 1.29 is 0 Å². The number of nitrogens with zero attached hydrogens (tertiary/aromatic N) is 2. The lowest BCUT2D eigenvalue weighted by Crippen LogP contribution is -2.08. The average molecular weight is 399 g/mol. The largest absolute Gasteiger partial charge is 0.252 e. The van der Waals surface area contributed by atoms with Gasteiger partial charge in [0.15, 0.2) is 0 Å². The Balaban J connectivity index is 1.63. The molecule has 0 amide bonds. The van der Waals surface area contributed by atoms with Crippen LogP contribution in [0.4, 0.5) is 0 Å². The predicted molar refractivity (Wildman–Crippen MR) is 127 cm³/mol. The number of hydrogen-bond donors (Lipinski definition) is 0. The third-order valence-corrected chi connectivity index (χ3v) is 5.40. The molecule has 0 atom stereocenters. The molecule has 0 aliphatic carbocycles. The topological polar surface area (TPSA) is 25.8 Å². The number of benzene rings is 3. The van der Waals surface area contributed by atoms with Gasteiger partial charge in [0.2, 0.25) is 0 Å². The Kier molecular flexibility index (Phi) is 5.36. The summed E-state index contributed by atoms with van der Waals surface area (Å²) in [5, 5.41) is 0. The fraction of sp³-hybridized carbons (Fsp3) is 0.0345. The normalized spacial score (nSPS) is 10.9. The van der Waals surface area contributed by atoms with Crippen molar-refractivity contribution in [3.8, 4) is 22.5 Å². The maximum absolute atomic E-state index is 5.06. The fourth-order valence-corrected chi connectivity index (χ4v) is 3.90. The molecular weight excluding hydrogens is 376 g/mol. The highest BCUT2D eigenvalue weighted by atomic mass is 14.8. The van der Waals surface area contributed by atoms with Gasteiger partial charge in [-0.05, 0) is 29.8 Å². The molecule has 0 radical (unpaired) electrons. The van der Waals surface area contributed by atoms with Crippen molar-refractivity contribution in [2.24, 2.45) is 0 Å². The van der Waals surface area contributed by atoms with Crippen molar-refractivity contribution in [2.45, 2.75) is 5.92 Å². The quantitative estimate of drug-likeness (QED) is 0.319. The van der Waals surface area contributed by atoms with Gasteiger partial charge in [0.05, 0.1) is 28.7 Å². The molecule has 2 heterocycles. The van der Waals surface area contributed by atoms with Crippen LogP contribution in [0, 0.1) is 0 Å². The molecule has 0 saturated carbocycles. The molecule has 0 spiro atoms. The van der Waals surface area contributed by atoms with Gasteiger partial charge in [-0.3, -0.25) is 9.97 Å². The van der Waals surface area contributed by atoms with Crippen molar-refractivity contribution in [3.05, 3.63) is 144 Å². The van der Waals surface area contributed by atoms with E-state index in [9.17, 15) is 0 Å². The Bertz CT molecular complexity index is 1180. The number of aromatic nitrogens is 2. The van der Waals surface area contributed by atoms with Crippen LogP contribution in [-0.2, 0) is 0 Å². The second-order valence-corrected chi connectivity index (χ2v) is 7.47. The Morgan fingerprint density at radius 1 is 0.387 bits per heavy atom. The molecule has 0 unspecified atom stereocenters. The molecule has 0 saturated heterocycles. The average Bonchev–Trinajstić information content (AvgIpc) is 2.86. The van der Waals surface area contributed by atoms with Crippen LogP contribution in [0.15, 0.2) is 127 Å². The van der Waals surface area contributed by atoms with Gasteiger partial charge in [-0.25, -0.2) is 0 Å². The smallest absolute Gasteiger partial charge is 0.0705 e. The van der Waals surface area contributed by atoms with Crippen LogP contribution in [0.1, 0.15) is 22.9 Å². The highest BCUT2D eigenvalue weighted by molar-refractivity contribution is 5.61. The summed E-state index contributed by atoms with van der Waals surface area (Å²) in [4.78, 5) is 10.1. The van der Waals surface area contributed by atoms with E-state index in [1.54, 1.807) is 0 Å². The molecule has 0 aliphatic rings. The lowest BCUT2D eigenvalue weighted by molar-refractivity contribution is 0.879. The number of rotatable bonds is 5. The summed E-state index contributed by atoms with van der Waals surface area (Å²) in [6, 6.07) is 43.6. The molecule has 0 aliphatic heterocycles. The second-order valence-electron chi connectivity index (χ2n) is 7.47. The van der Waals surface area contributed by atoms with E-state index < -0.39 is 0 Å². The summed E-state index contributed by atoms with van der Waals surface area (Å²) >= 11 is 0. The molecule has 2 heteroatoms. The highest BCUT2D eigenvalue weighted by Gasteiger charge is 2.20. The number of pyridine rings is 2. The lowest BCUT2D eigenvalue weighted by Gasteiger charge is -2.18. The van der Waals surface area contributed by atoms with Gasteiger partial charge in [0.1, 0.15) is 0 Å². The summed E-state index contributed by atoms with van der Waals surface area (Å²) in [6.07, 6.45) is 0. The maximum Gasteiger partial charge on any atom is 0.0705 e. The van der Waals surface area contributed by atoms with Crippen LogP contribution in [-0.4, -0.2) is 9.97 Å². The molecule has 2 aromatic heterocycles. The molecule has 5 aromatic rings. The summed E-state index contributed by atoms with van der Waals surface area (Å²) < 4.78 is 0. The van der Waals surface area contributed by atoms with E-state index in [1.807, 2.05) is 42.5 Å². The number of hydrogen-bond acceptors (Lipinski definition) is 2. The van der Waals surface area contributed by atoms with E-state index in [1.165, 1.54) is 5.56 Å². The minimum atomic E-state index is -0.0477. The Labute approximate surface area is 182 Å². The van der Waals surface area contributed by atoms with E-state index in [-0.39, 0.29) is 5.92 Å². The standard InChI is InChI=1S/C29H22N2/c1-4-12-22(13-5-1)25-18-10-20-27(30-25)29(24-16-8-3-9-17-24)28-21-11-19-26(31-28)23-14-6-2-7-15-23/h1-21,29H. The van der Waals surface area contributed by atoms with Gasteiger partial charge in [-0.15, -0.1) is 0 Å². The van der Waals surface area contributed by atoms with E-state index in [0.29, 0.717) is 0 Å².